The van der Waals surface area contributed by atoms with Crippen molar-refractivity contribution >= 4 is 29.1 Å². The predicted octanol–water partition coefficient (Wildman–Crippen LogP) is 2.27. The molecule has 2 aromatic heterocycles. The minimum Gasteiger partial charge on any atom is -0.459 e. The summed E-state index contributed by atoms with van der Waals surface area (Å²) < 4.78 is 28.0. The van der Waals surface area contributed by atoms with Crippen LogP contribution in [0.1, 0.15) is 17.6 Å². The van der Waals surface area contributed by atoms with E-state index >= 15 is 0 Å². The number of benzene rings is 1. The van der Waals surface area contributed by atoms with Crippen LogP contribution in [0.4, 0.5) is 16.4 Å². The quantitative estimate of drug-likeness (QED) is 0.730. The van der Waals surface area contributed by atoms with Gasteiger partial charge in [-0.1, -0.05) is 10.2 Å². The summed E-state index contributed by atoms with van der Waals surface area (Å²) in [5.41, 5.74) is 0.728. The van der Waals surface area contributed by atoms with E-state index in [1.165, 1.54) is 18.2 Å². The van der Waals surface area contributed by atoms with Gasteiger partial charge < -0.3 is 13.6 Å². The molecule has 1 N–H and O–H groups in total. The molecule has 2 heterocycles. The Morgan fingerprint density at radius 2 is 2.19 bits per heavy atom. The molecule has 8 nitrogen and oxygen atoms in total. The summed E-state index contributed by atoms with van der Waals surface area (Å²) >= 11 is 0. The molecule has 1 aromatic carbocycles. The molecule has 0 saturated carbocycles. The highest BCUT2D eigenvalue weighted by molar-refractivity contribution is 5.84. The van der Waals surface area contributed by atoms with Crippen molar-refractivity contribution in [1.82, 2.24) is 15.2 Å². The Morgan fingerprint density at radius 1 is 1.33 bits per heavy atom. The zero-order chi connectivity index (χ0) is 14.8. The van der Waals surface area contributed by atoms with Crippen LogP contribution in [-0.2, 0) is 4.74 Å². The molecule has 0 saturated heterocycles. The number of anilines is 2. The lowest BCUT2D eigenvalue weighted by Gasteiger charge is -1.94. The lowest BCUT2D eigenvalue weighted by Crippen LogP contribution is -2.04. The van der Waals surface area contributed by atoms with Crippen molar-refractivity contribution in [3.05, 3.63) is 29.9 Å². The number of ether oxygens (including phenoxy) is 1. The molecule has 0 atom stereocenters. The van der Waals surface area contributed by atoms with Crippen LogP contribution in [0.5, 0.6) is 0 Å². The van der Waals surface area contributed by atoms with E-state index in [4.69, 9.17) is 13.6 Å². The highest BCUT2D eigenvalue weighted by Crippen LogP contribution is 2.22. The monoisotopic (exact) mass is 292 g/mol. The van der Waals surface area contributed by atoms with Gasteiger partial charge in [0, 0.05) is 6.07 Å². The number of carbonyl (C=O) groups excluding carboxylic acids is 1. The van der Waals surface area contributed by atoms with E-state index in [2.05, 4.69) is 20.5 Å². The van der Waals surface area contributed by atoms with Crippen LogP contribution in [0.3, 0.4) is 0 Å². The SMILES string of the molecule is CCOC(=O)c1nnc(Nc2nc3ccc(F)cc3o2)o1. The van der Waals surface area contributed by atoms with Crippen LogP contribution < -0.4 is 5.32 Å². The second kappa shape index (κ2) is 5.19. The summed E-state index contributed by atoms with van der Waals surface area (Å²) in [6.07, 6.45) is 0. The van der Waals surface area contributed by atoms with Crippen molar-refractivity contribution in [3.8, 4) is 0 Å². The van der Waals surface area contributed by atoms with Crippen LogP contribution in [0.2, 0.25) is 0 Å². The maximum absolute atomic E-state index is 13.0. The van der Waals surface area contributed by atoms with E-state index in [0.29, 0.717) is 5.52 Å². The number of halogens is 1. The van der Waals surface area contributed by atoms with Crippen LogP contribution >= 0.6 is 0 Å². The Morgan fingerprint density at radius 3 is 3.00 bits per heavy atom. The lowest BCUT2D eigenvalue weighted by molar-refractivity contribution is 0.0481. The van der Waals surface area contributed by atoms with E-state index in [0.717, 1.165) is 0 Å². The van der Waals surface area contributed by atoms with Gasteiger partial charge in [-0.15, -0.1) is 0 Å². The van der Waals surface area contributed by atoms with Gasteiger partial charge in [-0.25, -0.2) is 9.18 Å². The summed E-state index contributed by atoms with van der Waals surface area (Å²) in [6.45, 7) is 1.85. The Balaban J connectivity index is 1.80. The fourth-order valence-corrected chi connectivity index (χ4v) is 1.59. The molecule has 0 bridgehead atoms. The maximum Gasteiger partial charge on any atom is 0.396 e. The minimum atomic E-state index is -0.724. The normalized spacial score (nSPS) is 10.8. The van der Waals surface area contributed by atoms with Gasteiger partial charge in [0.25, 0.3) is 0 Å². The van der Waals surface area contributed by atoms with Crippen LogP contribution in [0, 0.1) is 5.82 Å². The van der Waals surface area contributed by atoms with Crippen LogP contribution in [0.25, 0.3) is 11.1 Å². The van der Waals surface area contributed by atoms with Crippen LogP contribution in [0.15, 0.2) is 27.0 Å². The molecule has 21 heavy (non-hydrogen) atoms. The summed E-state index contributed by atoms with van der Waals surface area (Å²) in [5, 5.41) is 9.70. The van der Waals surface area contributed by atoms with E-state index in [-0.39, 0.29) is 30.1 Å². The Kier molecular flexibility index (Phi) is 3.22. The number of oxazole rings is 1. The number of hydrogen-bond donors (Lipinski definition) is 1. The number of hydrogen-bond acceptors (Lipinski definition) is 8. The van der Waals surface area contributed by atoms with E-state index < -0.39 is 11.8 Å². The molecule has 0 fully saturated rings. The largest absolute Gasteiger partial charge is 0.459 e. The van der Waals surface area contributed by atoms with E-state index in [1.807, 2.05) is 0 Å². The van der Waals surface area contributed by atoms with Crippen molar-refractivity contribution in [3.63, 3.8) is 0 Å². The molecular weight excluding hydrogens is 283 g/mol. The Bertz CT molecular complexity index is 798. The summed E-state index contributed by atoms with van der Waals surface area (Å²) in [7, 11) is 0. The topological polar surface area (TPSA) is 103 Å². The molecule has 0 spiro atoms. The predicted molar refractivity (Wildman–Crippen MR) is 67.5 cm³/mol. The molecule has 108 valence electrons. The molecule has 0 radical (unpaired) electrons. The number of fused-ring (bicyclic) bond motifs is 1. The van der Waals surface area contributed by atoms with Gasteiger partial charge in [0.1, 0.15) is 11.3 Å². The number of nitrogens with one attached hydrogen (secondary N) is 1. The third-order valence-electron chi connectivity index (χ3n) is 2.44. The Labute approximate surface area is 116 Å². The molecule has 3 aromatic rings. The number of nitrogens with zero attached hydrogens (tertiary/aromatic N) is 3. The van der Waals surface area contributed by atoms with Gasteiger partial charge in [-0.05, 0) is 19.1 Å². The summed E-state index contributed by atoms with van der Waals surface area (Å²) in [6, 6.07) is 3.88. The van der Waals surface area contributed by atoms with Crippen molar-refractivity contribution < 1.29 is 22.8 Å². The smallest absolute Gasteiger partial charge is 0.396 e. The minimum absolute atomic E-state index is 0.0367. The third-order valence-corrected chi connectivity index (χ3v) is 2.44. The molecule has 0 amide bonds. The maximum atomic E-state index is 13.0. The highest BCUT2D eigenvalue weighted by Gasteiger charge is 2.17. The first-order chi connectivity index (χ1) is 10.2. The van der Waals surface area contributed by atoms with Gasteiger partial charge in [0.05, 0.1) is 6.61 Å². The fraction of sp³-hybridized carbons (Fsp3) is 0.167. The first-order valence-electron chi connectivity index (χ1n) is 5.99. The number of aromatic nitrogens is 3. The first kappa shape index (κ1) is 13.0. The fourth-order valence-electron chi connectivity index (χ4n) is 1.59. The van der Waals surface area contributed by atoms with Gasteiger partial charge in [0.2, 0.25) is 0 Å². The van der Waals surface area contributed by atoms with Gasteiger partial charge in [0.15, 0.2) is 5.58 Å². The molecule has 0 aliphatic carbocycles. The molecule has 0 aliphatic heterocycles. The average molecular weight is 292 g/mol. The molecular formula is C12H9FN4O4. The van der Waals surface area contributed by atoms with E-state index in [9.17, 15) is 9.18 Å². The summed E-state index contributed by atoms with van der Waals surface area (Å²) in [4.78, 5) is 15.4. The zero-order valence-corrected chi connectivity index (χ0v) is 10.8. The zero-order valence-electron chi connectivity index (χ0n) is 10.8. The van der Waals surface area contributed by atoms with Crippen molar-refractivity contribution in [2.24, 2.45) is 0 Å². The number of carbonyl (C=O) groups is 1. The molecule has 0 unspecified atom stereocenters. The summed E-state index contributed by atoms with van der Waals surface area (Å²) in [5.74, 6) is -1.45. The lowest BCUT2D eigenvalue weighted by atomic mass is 10.3. The number of esters is 1. The van der Waals surface area contributed by atoms with Crippen molar-refractivity contribution in [2.75, 3.05) is 11.9 Å². The molecule has 3 rings (SSSR count). The second-order valence-corrected chi connectivity index (χ2v) is 3.89. The van der Waals surface area contributed by atoms with Gasteiger partial charge >= 0.3 is 23.9 Å². The van der Waals surface area contributed by atoms with Gasteiger partial charge in [-0.2, -0.15) is 4.98 Å². The molecule has 9 heteroatoms. The van der Waals surface area contributed by atoms with Crippen molar-refractivity contribution in [2.45, 2.75) is 6.92 Å². The van der Waals surface area contributed by atoms with Gasteiger partial charge in [-0.3, -0.25) is 5.32 Å². The third kappa shape index (κ3) is 2.66. The standard InChI is InChI=1S/C12H9FN4O4/c1-2-19-10(18)9-16-17-12(21-9)15-11-14-7-4-3-6(13)5-8(7)20-11/h3-5H,2H2,1H3,(H,14,15,17). The second-order valence-electron chi connectivity index (χ2n) is 3.89. The van der Waals surface area contributed by atoms with Crippen molar-refractivity contribution in [1.29, 1.82) is 0 Å². The first-order valence-corrected chi connectivity index (χ1v) is 5.99. The van der Waals surface area contributed by atoms with E-state index in [1.54, 1.807) is 6.92 Å². The van der Waals surface area contributed by atoms with Crippen LogP contribution in [-0.4, -0.2) is 27.8 Å². The highest BCUT2D eigenvalue weighted by atomic mass is 19.1. The average Bonchev–Trinajstić information content (AvgIpc) is 3.05. The Hall–Kier alpha value is -2.97. The molecule has 0 aliphatic rings. The number of rotatable bonds is 4.